The van der Waals surface area contributed by atoms with Crippen LogP contribution in [-0.4, -0.2) is 29.9 Å². The molecule has 0 spiro atoms. The van der Waals surface area contributed by atoms with E-state index in [9.17, 15) is 9.36 Å². The van der Waals surface area contributed by atoms with E-state index >= 15 is 0 Å². The monoisotopic (exact) mass is 309 g/mol. The number of aliphatic carboxylic acids is 1. The van der Waals surface area contributed by atoms with Crippen molar-refractivity contribution < 1.29 is 24.3 Å². The fourth-order valence-electron chi connectivity index (χ4n) is 1.08. The maximum Gasteiger partial charge on any atom is 0.353 e. The highest BCUT2D eigenvalue weighted by Crippen LogP contribution is 2.56. The number of carbonyl (C=O) groups is 1. The number of hydrogen-bond donors (Lipinski definition) is 3. The van der Waals surface area contributed by atoms with Gasteiger partial charge in [0.15, 0.2) is 0 Å². The Hall–Kier alpha value is -0.750. The molecule has 1 rings (SSSR count). The molecule has 1 unspecified atom stereocenters. The summed E-state index contributed by atoms with van der Waals surface area (Å²) in [5, 5.41) is 8.87. The van der Waals surface area contributed by atoms with Crippen molar-refractivity contribution in [2.75, 3.05) is 0 Å². The maximum absolute atomic E-state index is 11.1. The van der Waals surface area contributed by atoms with Crippen LogP contribution in [0.4, 0.5) is 0 Å². The Morgan fingerprint density at radius 1 is 1.56 bits per heavy atom. The molecule has 0 aromatic carbocycles. The van der Waals surface area contributed by atoms with Crippen LogP contribution in [0, 0.1) is 0 Å². The zero-order valence-electron chi connectivity index (χ0n) is 7.95. The van der Waals surface area contributed by atoms with Gasteiger partial charge >= 0.3 is 13.6 Å². The lowest BCUT2D eigenvalue weighted by Crippen LogP contribution is -2.34. The van der Waals surface area contributed by atoms with Crippen LogP contribution < -0.4 is 0 Å². The molecule has 3 N–H and O–H groups in total. The van der Waals surface area contributed by atoms with Crippen LogP contribution in [-0.2, 0) is 15.8 Å². The van der Waals surface area contributed by atoms with E-state index in [4.69, 9.17) is 14.9 Å². The molecule has 0 amide bonds. The Morgan fingerprint density at radius 2 is 2.19 bits per heavy atom. The Labute approximate surface area is 99.6 Å². The topological polar surface area (TPSA) is 108 Å². The number of hydrogen-bond acceptors (Lipinski definition) is 3. The second-order valence-electron chi connectivity index (χ2n) is 3.15. The Balaban J connectivity index is 3.08. The van der Waals surface area contributed by atoms with Gasteiger partial charge in [0.05, 0.1) is 0 Å². The molecule has 16 heavy (non-hydrogen) atoms. The molecule has 0 aliphatic rings. The van der Waals surface area contributed by atoms with Crippen molar-refractivity contribution in [1.82, 2.24) is 4.98 Å². The molecule has 1 aromatic rings. The minimum absolute atomic E-state index is 0.347. The van der Waals surface area contributed by atoms with Crippen LogP contribution in [0.1, 0.15) is 5.56 Å². The van der Waals surface area contributed by atoms with E-state index in [1.807, 2.05) is 0 Å². The van der Waals surface area contributed by atoms with Gasteiger partial charge in [0.1, 0.15) is 0 Å². The second kappa shape index (κ2) is 4.63. The van der Waals surface area contributed by atoms with Gasteiger partial charge in [-0.2, -0.15) is 0 Å². The standard InChI is InChI=1S/C8H9BrNO5P/c9-8(7(11)12,16(13,14)15)4-6-2-1-3-10-5-6/h1-3,5H,4H2,(H,11,12)(H2,13,14,15). The number of pyridine rings is 1. The highest BCUT2D eigenvalue weighted by Gasteiger charge is 2.52. The fourth-order valence-corrected chi connectivity index (χ4v) is 2.04. The number of carboxylic acids is 1. The van der Waals surface area contributed by atoms with Crippen molar-refractivity contribution in [3.05, 3.63) is 30.1 Å². The van der Waals surface area contributed by atoms with E-state index in [-0.39, 0.29) is 6.42 Å². The first-order chi connectivity index (χ1) is 7.27. The number of carboxylic acid groups (broad SMARTS) is 1. The first-order valence-corrected chi connectivity index (χ1v) is 6.55. The van der Waals surface area contributed by atoms with Crippen molar-refractivity contribution in [2.24, 2.45) is 0 Å². The third-order valence-electron chi connectivity index (χ3n) is 1.95. The van der Waals surface area contributed by atoms with Crippen molar-refractivity contribution in [3.8, 4) is 0 Å². The van der Waals surface area contributed by atoms with Crippen molar-refractivity contribution >= 4 is 29.5 Å². The molecule has 0 saturated heterocycles. The molecule has 0 aliphatic carbocycles. The Bertz CT molecular complexity index is 433. The summed E-state index contributed by atoms with van der Waals surface area (Å²) in [7, 11) is -4.82. The zero-order valence-corrected chi connectivity index (χ0v) is 10.4. The summed E-state index contributed by atoms with van der Waals surface area (Å²) in [6, 6.07) is 3.10. The predicted octanol–water partition coefficient (Wildman–Crippen LogP) is 0.978. The van der Waals surface area contributed by atoms with Crippen LogP contribution in [0.2, 0.25) is 0 Å². The molecule has 0 fully saturated rings. The molecule has 8 heteroatoms. The van der Waals surface area contributed by atoms with Gasteiger partial charge in [0.2, 0.25) is 4.07 Å². The quantitative estimate of drug-likeness (QED) is 0.565. The van der Waals surface area contributed by atoms with Gasteiger partial charge < -0.3 is 14.9 Å². The molecule has 1 atom stereocenters. The Morgan fingerprint density at radius 3 is 2.56 bits per heavy atom. The third kappa shape index (κ3) is 2.68. The third-order valence-corrected chi connectivity index (χ3v) is 5.23. The summed E-state index contributed by atoms with van der Waals surface area (Å²) in [5.74, 6) is -1.61. The largest absolute Gasteiger partial charge is 0.480 e. The van der Waals surface area contributed by atoms with E-state index in [0.717, 1.165) is 0 Å². The Kier molecular flexibility index (Phi) is 3.85. The summed E-state index contributed by atoms with van der Waals surface area (Å²) in [6.07, 6.45) is 2.49. The summed E-state index contributed by atoms with van der Waals surface area (Å²) in [6.45, 7) is 0. The summed E-state index contributed by atoms with van der Waals surface area (Å²) >= 11 is 2.62. The average Bonchev–Trinajstić information content (AvgIpc) is 2.17. The zero-order chi connectivity index (χ0) is 12.4. The molecular weight excluding hydrogens is 301 g/mol. The van der Waals surface area contributed by atoms with Gasteiger partial charge in [-0.1, -0.05) is 22.0 Å². The van der Waals surface area contributed by atoms with Gasteiger partial charge in [0, 0.05) is 18.8 Å². The van der Waals surface area contributed by atoms with Crippen molar-refractivity contribution in [2.45, 2.75) is 10.5 Å². The second-order valence-corrected chi connectivity index (χ2v) is 6.96. The number of rotatable bonds is 4. The predicted molar refractivity (Wildman–Crippen MR) is 59.3 cm³/mol. The van der Waals surface area contributed by atoms with E-state index < -0.39 is 17.6 Å². The minimum atomic E-state index is -4.82. The van der Waals surface area contributed by atoms with Crippen LogP contribution in [0.3, 0.4) is 0 Å². The smallest absolute Gasteiger partial charge is 0.353 e. The minimum Gasteiger partial charge on any atom is -0.480 e. The highest BCUT2D eigenvalue weighted by atomic mass is 79.9. The van der Waals surface area contributed by atoms with Crippen LogP contribution in [0.15, 0.2) is 24.5 Å². The maximum atomic E-state index is 11.1. The molecule has 0 aliphatic heterocycles. The summed E-state index contributed by atoms with van der Waals surface area (Å²) < 4.78 is 8.84. The number of nitrogens with zero attached hydrogens (tertiary/aromatic N) is 1. The molecule has 0 bridgehead atoms. The normalized spacial score (nSPS) is 15.4. The van der Waals surface area contributed by atoms with Crippen LogP contribution in [0.25, 0.3) is 0 Å². The molecular formula is C8H9BrNO5P. The first-order valence-electron chi connectivity index (χ1n) is 4.14. The number of aromatic nitrogens is 1. The van der Waals surface area contributed by atoms with Gasteiger partial charge in [-0.15, -0.1) is 0 Å². The molecule has 0 saturated carbocycles. The first kappa shape index (κ1) is 13.3. The van der Waals surface area contributed by atoms with Gasteiger partial charge in [-0.3, -0.25) is 9.55 Å². The molecule has 1 heterocycles. The highest BCUT2D eigenvalue weighted by molar-refractivity contribution is 9.11. The molecule has 88 valence electrons. The summed E-state index contributed by atoms with van der Waals surface area (Å²) in [5.41, 5.74) is 0.421. The van der Waals surface area contributed by atoms with Crippen LogP contribution in [0.5, 0.6) is 0 Å². The number of halogens is 1. The lowest BCUT2D eigenvalue weighted by molar-refractivity contribution is -0.137. The lowest BCUT2D eigenvalue weighted by atomic mass is 10.1. The van der Waals surface area contributed by atoms with Gasteiger partial charge in [0.25, 0.3) is 0 Å². The fraction of sp³-hybridized carbons (Fsp3) is 0.250. The van der Waals surface area contributed by atoms with E-state index in [2.05, 4.69) is 20.9 Å². The lowest BCUT2D eigenvalue weighted by Gasteiger charge is -2.23. The van der Waals surface area contributed by atoms with Crippen molar-refractivity contribution in [1.29, 1.82) is 0 Å². The van der Waals surface area contributed by atoms with Gasteiger partial charge in [-0.25, -0.2) is 4.79 Å². The number of alkyl halides is 1. The van der Waals surface area contributed by atoms with E-state index in [1.165, 1.54) is 12.4 Å². The van der Waals surface area contributed by atoms with E-state index in [0.29, 0.717) is 5.56 Å². The van der Waals surface area contributed by atoms with E-state index in [1.54, 1.807) is 12.1 Å². The van der Waals surface area contributed by atoms with Crippen molar-refractivity contribution in [3.63, 3.8) is 0 Å². The average molecular weight is 310 g/mol. The molecule has 6 nitrogen and oxygen atoms in total. The van der Waals surface area contributed by atoms with Crippen LogP contribution >= 0.6 is 23.5 Å². The molecule has 0 radical (unpaired) electrons. The van der Waals surface area contributed by atoms with Gasteiger partial charge in [-0.05, 0) is 11.6 Å². The molecule has 1 aromatic heterocycles. The summed E-state index contributed by atoms with van der Waals surface area (Å²) in [4.78, 5) is 32.7. The SMILES string of the molecule is O=C(O)C(Br)(Cc1cccnc1)P(=O)(O)O.